The second-order valence-corrected chi connectivity index (χ2v) is 4.99. The summed E-state index contributed by atoms with van der Waals surface area (Å²) in [7, 11) is 0. The Labute approximate surface area is 121 Å². The minimum atomic E-state index is 0.773. The first kappa shape index (κ1) is 14.6. The average molecular weight is 269 g/mol. The lowest BCUT2D eigenvalue weighted by Crippen LogP contribution is -2.14. The van der Waals surface area contributed by atoms with Gasteiger partial charge in [0.2, 0.25) is 0 Å². The van der Waals surface area contributed by atoms with Crippen molar-refractivity contribution in [1.82, 2.24) is 5.32 Å². The van der Waals surface area contributed by atoms with Crippen molar-refractivity contribution < 1.29 is 4.74 Å². The molecule has 0 fully saturated rings. The zero-order valence-electron chi connectivity index (χ0n) is 12.4. The van der Waals surface area contributed by atoms with Crippen LogP contribution < -0.4 is 10.1 Å². The summed E-state index contributed by atoms with van der Waals surface area (Å²) in [6.07, 6.45) is 1.03. The van der Waals surface area contributed by atoms with Gasteiger partial charge in [-0.1, -0.05) is 49.4 Å². The van der Waals surface area contributed by atoms with Crippen LogP contribution in [0.3, 0.4) is 0 Å². The maximum absolute atomic E-state index is 5.77. The molecule has 2 rings (SSSR count). The van der Waals surface area contributed by atoms with Crippen LogP contribution >= 0.6 is 0 Å². The summed E-state index contributed by atoms with van der Waals surface area (Å²) in [6.45, 7) is 6.76. The van der Waals surface area contributed by atoms with Crippen molar-refractivity contribution in [2.75, 3.05) is 6.61 Å². The molecule has 2 nitrogen and oxygen atoms in total. The third-order valence-corrected chi connectivity index (χ3v) is 3.33. The molecule has 0 aliphatic rings. The monoisotopic (exact) mass is 269 g/mol. The number of ether oxygens (including phenoxy) is 1. The molecule has 0 aliphatic carbocycles. The van der Waals surface area contributed by atoms with E-state index in [4.69, 9.17) is 4.74 Å². The predicted octanol–water partition coefficient (Wildman–Crippen LogP) is 4.07. The van der Waals surface area contributed by atoms with Gasteiger partial charge in [0.15, 0.2) is 0 Å². The Hall–Kier alpha value is -1.80. The number of hydrogen-bond donors (Lipinski definition) is 1. The summed E-state index contributed by atoms with van der Waals surface area (Å²) in [5.41, 5.74) is 3.89. The van der Waals surface area contributed by atoms with E-state index in [1.165, 1.54) is 16.7 Å². The highest BCUT2D eigenvalue weighted by atomic mass is 16.5. The second kappa shape index (κ2) is 7.71. The number of aryl methyl sites for hydroxylation is 1. The van der Waals surface area contributed by atoms with Crippen LogP contribution in [0.1, 0.15) is 30.0 Å². The van der Waals surface area contributed by atoms with E-state index < -0.39 is 0 Å². The van der Waals surface area contributed by atoms with Crippen LogP contribution in [0.4, 0.5) is 0 Å². The fourth-order valence-corrected chi connectivity index (χ4v) is 2.14. The molecule has 0 spiro atoms. The van der Waals surface area contributed by atoms with E-state index in [2.05, 4.69) is 55.6 Å². The van der Waals surface area contributed by atoms with Gasteiger partial charge < -0.3 is 10.1 Å². The van der Waals surface area contributed by atoms with Crippen LogP contribution in [-0.2, 0) is 13.1 Å². The second-order valence-electron chi connectivity index (χ2n) is 4.99. The Morgan fingerprint density at radius 2 is 1.55 bits per heavy atom. The molecule has 0 radical (unpaired) electrons. The lowest BCUT2D eigenvalue weighted by atomic mass is 10.1. The lowest BCUT2D eigenvalue weighted by Gasteiger charge is -2.12. The normalized spacial score (nSPS) is 10.5. The molecule has 20 heavy (non-hydrogen) atoms. The first-order chi connectivity index (χ1) is 9.81. The standard InChI is InChI=1S/C18H23NO/c1-3-12-20-18-11-7-6-10-17(18)14-19-13-16-9-5-4-8-15(16)2/h4-11,19H,3,12-14H2,1-2H3. The van der Waals surface area contributed by atoms with E-state index in [9.17, 15) is 0 Å². The molecule has 0 aromatic heterocycles. The van der Waals surface area contributed by atoms with Crippen molar-refractivity contribution in [1.29, 1.82) is 0 Å². The van der Waals surface area contributed by atoms with E-state index in [0.29, 0.717) is 0 Å². The number of para-hydroxylation sites is 1. The Morgan fingerprint density at radius 3 is 2.30 bits per heavy atom. The molecule has 2 heteroatoms. The fourth-order valence-electron chi connectivity index (χ4n) is 2.14. The number of hydrogen-bond acceptors (Lipinski definition) is 2. The van der Waals surface area contributed by atoms with Gasteiger partial charge in [-0.25, -0.2) is 0 Å². The Morgan fingerprint density at radius 1 is 0.900 bits per heavy atom. The van der Waals surface area contributed by atoms with Crippen LogP contribution in [0.15, 0.2) is 48.5 Å². The SMILES string of the molecule is CCCOc1ccccc1CNCc1ccccc1C. The van der Waals surface area contributed by atoms with E-state index in [1.807, 2.05) is 12.1 Å². The highest BCUT2D eigenvalue weighted by Gasteiger charge is 2.03. The summed E-state index contributed by atoms with van der Waals surface area (Å²) in [6, 6.07) is 16.7. The van der Waals surface area contributed by atoms with Crippen molar-refractivity contribution in [3.8, 4) is 5.75 Å². The van der Waals surface area contributed by atoms with Crippen molar-refractivity contribution in [2.24, 2.45) is 0 Å². The van der Waals surface area contributed by atoms with Gasteiger partial charge in [-0.3, -0.25) is 0 Å². The number of nitrogens with one attached hydrogen (secondary N) is 1. The van der Waals surface area contributed by atoms with Crippen LogP contribution in [0.25, 0.3) is 0 Å². The smallest absolute Gasteiger partial charge is 0.123 e. The summed E-state index contributed by atoms with van der Waals surface area (Å²) in [5, 5.41) is 3.50. The highest BCUT2D eigenvalue weighted by Crippen LogP contribution is 2.18. The van der Waals surface area contributed by atoms with Gasteiger partial charge in [0.1, 0.15) is 5.75 Å². The Bertz CT molecular complexity index is 536. The molecule has 0 atom stereocenters. The molecular formula is C18H23NO. The molecule has 0 amide bonds. The Balaban J connectivity index is 1.92. The molecule has 0 unspecified atom stereocenters. The summed E-state index contributed by atoms with van der Waals surface area (Å²) < 4.78 is 5.77. The van der Waals surface area contributed by atoms with Gasteiger partial charge in [0.05, 0.1) is 6.61 Å². The zero-order valence-corrected chi connectivity index (χ0v) is 12.4. The summed E-state index contributed by atoms with van der Waals surface area (Å²) in [4.78, 5) is 0. The Kier molecular flexibility index (Phi) is 5.63. The van der Waals surface area contributed by atoms with Crippen molar-refractivity contribution in [2.45, 2.75) is 33.4 Å². The molecule has 0 heterocycles. The van der Waals surface area contributed by atoms with E-state index in [-0.39, 0.29) is 0 Å². The topological polar surface area (TPSA) is 21.3 Å². The fraction of sp³-hybridized carbons (Fsp3) is 0.333. The van der Waals surface area contributed by atoms with Gasteiger partial charge in [-0.2, -0.15) is 0 Å². The summed E-state index contributed by atoms with van der Waals surface area (Å²) in [5.74, 6) is 0.992. The highest BCUT2D eigenvalue weighted by molar-refractivity contribution is 5.33. The molecule has 2 aromatic rings. The third kappa shape index (κ3) is 4.10. The van der Waals surface area contributed by atoms with E-state index >= 15 is 0 Å². The van der Waals surface area contributed by atoms with Crippen LogP contribution in [-0.4, -0.2) is 6.61 Å². The van der Waals surface area contributed by atoms with Crippen LogP contribution in [0, 0.1) is 6.92 Å². The molecule has 0 saturated carbocycles. The lowest BCUT2D eigenvalue weighted by molar-refractivity contribution is 0.313. The van der Waals surface area contributed by atoms with Gasteiger partial charge in [0.25, 0.3) is 0 Å². The third-order valence-electron chi connectivity index (χ3n) is 3.33. The largest absolute Gasteiger partial charge is 0.493 e. The first-order valence-electron chi connectivity index (χ1n) is 7.27. The van der Waals surface area contributed by atoms with E-state index in [1.54, 1.807) is 0 Å². The van der Waals surface area contributed by atoms with Gasteiger partial charge in [0, 0.05) is 18.7 Å². The maximum atomic E-state index is 5.77. The van der Waals surface area contributed by atoms with Crippen molar-refractivity contribution in [3.63, 3.8) is 0 Å². The van der Waals surface area contributed by atoms with Crippen LogP contribution in [0.5, 0.6) is 5.75 Å². The zero-order chi connectivity index (χ0) is 14.2. The van der Waals surface area contributed by atoms with Crippen molar-refractivity contribution in [3.05, 3.63) is 65.2 Å². The maximum Gasteiger partial charge on any atom is 0.123 e. The molecular weight excluding hydrogens is 246 g/mol. The molecule has 106 valence electrons. The average Bonchev–Trinajstić information content (AvgIpc) is 2.48. The van der Waals surface area contributed by atoms with Gasteiger partial charge in [-0.05, 0) is 30.5 Å². The van der Waals surface area contributed by atoms with Gasteiger partial charge in [-0.15, -0.1) is 0 Å². The summed E-state index contributed by atoms with van der Waals surface area (Å²) >= 11 is 0. The van der Waals surface area contributed by atoms with E-state index in [0.717, 1.165) is 31.9 Å². The molecule has 0 aliphatic heterocycles. The first-order valence-corrected chi connectivity index (χ1v) is 7.27. The minimum absolute atomic E-state index is 0.773. The molecule has 2 aromatic carbocycles. The predicted molar refractivity (Wildman–Crippen MR) is 84.0 cm³/mol. The molecule has 0 saturated heterocycles. The number of rotatable bonds is 7. The van der Waals surface area contributed by atoms with Crippen molar-refractivity contribution >= 4 is 0 Å². The number of benzene rings is 2. The quantitative estimate of drug-likeness (QED) is 0.818. The van der Waals surface area contributed by atoms with Gasteiger partial charge >= 0.3 is 0 Å². The molecule has 1 N–H and O–H groups in total. The van der Waals surface area contributed by atoms with Crippen LogP contribution in [0.2, 0.25) is 0 Å². The molecule has 0 bridgehead atoms. The minimum Gasteiger partial charge on any atom is -0.493 e.